The lowest BCUT2D eigenvalue weighted by molar-refractivity contribution is 0.0983. The minimum atomic E-state index is -3.61. The molecule has 5 rings (SSSR count). The number of halogens is 1. The second-order valence-electron chi connectivity index (χ2n) is 9.64. The normalized spacial score (nSPS) is 17.4. The van der Waals surface area contributed by atoms with E-state index in [4.69, 9.17) is 14.5 Å². The van der Waals surface area contributed by atoms with Crippen LogP contribution >= 0.6 is 23.7 Å². The maximum atomic E-state index is 13.8. The summed E-state index contributed by atoms with van der Waals surface area (Å²) in [5.41, 5.74) is 1.16. The molecule has 3 heterocycles. The van der Waals surface area contributed by atoms with Crippen molar-refractivity contribution in [1.82, 2.24) is 14.2 Å². The van der Waals surface area contributed by atoms with E-state index in [0.29, 0.717) is 41.8 Å². The van der Waals surface area contributed by atoms with Gasteiger partial charge in [-0.15, -0.1) is 12.4 Å². The van der Waals surface area contributed by atoms with Crippen molar-refractivity contribution in [2.24, 2.45) is 0 Å². The molecule has 0 radical (unpaired) electrons. The number of rotatable bonds is 9. The van der Waals surface area contributed by atoms with Gasteiger partial charge in [-0.05, 0) is 57.1 Å². The molecule has 39 heavy (non-hydrogen) atoms. The number of fused-ring (bicyclic) bond motifs is 2. The number of carbonyl (C=O) groups excluding carboxylic acids is 1. The Bertz CT molecular complexity index is 1370. The molecular weight excluding hydrogens is 560 g/mol. The number of carbonyl (C=O) groups is 1. The summed E-state index contributed by atoms with van der Waals surface area (Å²) in [4.78, 5) is 22.7. The highest BCUT2D eigenvalue weighted by Gasteiger charge is 2.31. The van der Waals surface area contributed by atoms with Gasteiger partial charge in [0.2, 0.25) is 16.8 Å². The largest absolute Gasteiger partial charge is 0.454 e. The van der Waals surface area contributed by atoms with Crippen LogP contribution in [-0.4, -0.2) is 74.1 Å². The highest BCUT2D eigenvalue weighted by atomic mass is 35.5. The summed E-state index contributed by atoms with van der Waals surface area (Å²) in [6, 6.07) is 10.0. The molecule has 0 bridgehead atoms. The number of thiazole rings is 1. The van der Waals surface area contributed by atoms with Crippen LogP contribution in [0.3, 0.4) is 0 Å². The lowest BCUT2D eigenvalue weighted by atomic mass is 10.1. The SMILES string of the molecule is CCN(CC)CCN(C(=O)c1ccc(S(=O)(=O)N2CCCCC2C)cc1)c1nc2cc3c(cc2s1)OCO3.Cl. The van der Waals surface area contributed by atoms with Crippen LogP contribution in [0.1, 0.15) is 50.4 Å². The highest BCUT2D eigenvalue weighted by Crippen LogP contribution is 2.40. The molecule has 1 unspecified atom stereocenters. The van der Waals surface area contributed by atoms with Gasteiger partial charge in [-0.25, -0.2) is 13.4 Å². The molecule has 2 aliphatic rings. The summed E-state index contributed by atoms with van der Waals surface area (Å²) in [5, 5.41) is 0.583. The van der Waals surface area contributed by atoms with Crippen LogP contribution in [-0.2, 0) is 10.0 Å². The minimum Gasteiger partial charge on any atom is -0.454 e. The summed E-state index contributed by atoms with van der Waals surface area (Å²) in [6.45, 7) is 9.76. The zero-order valence-corrected chi connectivity index (χ0v) is 24.9. The van der Waals surface area contributed by atoms with E-state index in [1.807, 2.05) is 19.1 Å². The molecule has 1 aromatic heterocycles. The lowest BCUT2D eigenvalue weighted by Gasteiger charge is -2.32. The van der Waals surface area contributed by atoms with Crippen LogP contribution < -0.4 is 14.4 Å². The van der Waals surface area contributed by atoms with Crippen molar-refractivity contribution >= 4 is 55.0 Å². The number of benzene rings is 2. The number of anilines is 1. The number of nitrogens with zero attached hydrogens (tertiary/aromatic N) is 4. The molecule has 2 aromatic carbocycles. The topological polar surface area (TPSA) is 92.3 Å². The number of aromatic nitrogens is 1. The van der Waals surface area contributed by atoms with Gasteiger partial charge < -0.3 is 14.4 Å². The maximum absolute atomic E-state index is 13.8. The Labute approximate surface area is 240 Å². The average molecular weight is 595 g/mol. The minimum absolute atomic E-state index is 0. The van der Waals surface area contributed by atoms with Crippen molar-refractivity contribution in [1.29, 1.82) is 0 Å². The van der Waals surface area contributed by atoms with E-state index in [9.17, 15) is 13.2 Å². The zero-order valence-electron chi connectivity index (χ0n) is 22.5. The molecule has 0 saturated carbocycles. The fourth-order valence-electron chi connectivity index (χ4n) is 4.98. The Hall–Kier alpha value is -2.44. The van der Waals surface area contributed by atoms with Crippen molar-refractivity contribution in [3.63, 3.8) is 0 Å². The molecule has 212 valence electrons. The fraction of sp³-hybridized carbons (Fsp3) is 0.481. The monoisotopic (exact) mass is 594 g/mol. The number of sulfonamides is 1. The maximum Gasteiger partial charge on any atom is 0.260 e. The molecular formula is C27H35ClN4O5S2. The van der Waals surface area contributed by atoms with Crippen LogP contribution in [0.4, 0.5) is 5.13 Å². The highest BCUT2D eigenvalue weighted by molar-refractivity contribution is 7.89. The van der Waals surface area contributed by atoms with E-state index >= 15 is 0 Å². The van der Waals surface area contributed by atoms with Crippen molar-refractivity contribution < 1.29 is 22.7 Å². The second-order valence-corrected chi connectivity index (χ2v) is 12.5. The quantitative estimate of drug-likeness (QED) is 0.344. The molecule has 0 aliphatic carbocycles. The first-order valence-electron chi connectivity index (χ1n) is 13.2. The van der Waals surface area contributed by atoms with E-state index in [1.54, 1.807) is 33.5 Å². The Kier molecular flexibility index (Phi) is 9.38. The van der Waals surface area contributed by atoms with Crippen LogP contribution in [0.25, 0.3) is 10.2 Å². The Morgan fingerprint density at radius 3 is 2.44 bits per heavy atom. The van der Waals surface area contributed by atoms with Crippen molar-refractivity contribution in [3.05, 3.63) is 42.0 Å². The number of hydrogen-bond acceptors (Lipinski definition) is 8. The van der Waals surface area contributed by atoms with Gasteiger partial charge in [-0.2, -0.15) is 4.31 Å². The number of amides is 1. The van der Waals surface area contributed by atoms with Gasteiger partial charge in [-0.1, -0.05) is 31.6 Å². The molecule has 1 amide bonds. The summed E-state index contributed by atoms with van der Waals surface area (Å²) in [5.74, 6) is 1.11. The standard InChI is InChI=1S/C27H34N4O5S2.ClH/c1-4-29(5-2)14-15-30(27-28-22-16-23-24(36-18-35-23)17-25(22)37-27)26(32)20-9-11-21(12-10-20)38(33,34)31-13-7-6-8-19(31)3;/h9-12,16-17,19H,4-8,13-15,18H2,1-3H3;1H. The first kappa shape index (κ1) is 29.5. The predicted molar refractivity (Wildman–Crippen MR) is 156 cm³/mol. The molecule has 2 aliphatic heterocycles. The van der Waals surface area contributed by atoms with Gasteiger partial charge >= 0.3 is 0 Å². The van der Waals surface area contributed by atoms with E-state index in [1.165, 1.54) is 11.3 Å². The van der Waals surface area contributed by atoms with Crippen LogP contribution in [0, 0.1) is 0 Å². The van der Waals surface area contributed by atoms with Crippen LogP contribution in [0.2, 0.25) is 0 Å². The summed E-state index contributed by atoms with van der Waals surface area (Å²) in [6.07, 6.45) is 2.77. The Balaban J connectivity index is 0.00000353. The molecule has 12 heteroatoms. The average Bonchev–Trinajstić information content (AvgIpc) is 3.55. The summed E-state index contributed by atoms with van der Waals surface area (Å²) in [7, 11) is -3.61. The number of piperidine rings is 1. The molecule has 0 spiro atoms. The molecule has 1 saturated heterocycles. The number of likely N-dealkylation sites (N-methyl/N-ethyl adjacent to an activating group) is 1. The zero-order chi connectivity index (χ0) is 26.9. The third-order valence-electron chi connectivity index (χ3n) is 7.33. The van der Waals surface area contributed by atoms with E-state index < -0.39 is 10.0 Å². The van der Waals surface area contributed by atoms with E-state index in [0.717, 1.165) is 42.6 Å². The van der Waals surface area contributed by atoms with Crippen LogP contribution in [0.15, 0.2) is 41.3 Å². The van der Waals surface area contributed by atoms with Crippen molar-refractivity contribution in [2.45, 2.75) is 51.0 Å². The third kappa shape index (κ3) is 6.02. The smallest absolute Gasteiger partial charge is 0.260 e. The Morgan fingerprint density at radius 1 is 1.08 bits per heavy atom. The molecule has 1 atom stereocenters. The van der Waals surface area contributed by atoms with Gasteiger partial charge in [-0.3, -0.25) is 9.69 Å². The molecule has 3 aromatic rings. The summed E-state index contributed by atoms with van der Waals surface area (Å²) >= 11 is 1.43. The van der Waals surface area contributed by atoms with Gasteiger partial charge in [0.1, 0.15) is 0 Å². The van der Waals surface area contributed by atoms with Crippen LogP contribution in [0.5, 0.6) is 11.5 Å². The molecule has 1 fully saturated rings. The van der Waals surface area contributed by atoms with Gasteiger partial charge in [0, 0.05) is 43.4 Å². The van der Waals surface area contributed by atoms with E-state index in [-0.39, 0.29) is 36.0 Å². The van der Waals surface area contributed by atoms with Gasteiger partial charge in [0.15, 0.2) is 16.6 Å². The first-order valence-corrected chi connectivity index (χ1v) is 15.4. The second kappa shape index (κ2) is 12.4. The van der Waals surface area contributed by atoms with Crippen molar-refractivity contribution in [2.75, 3.05) is 44.4 Å². The number of ether oxygens (including phenoxy) is 2. The molecule has 9 nitrogen and oxygen atoms in total. The number of hydrogen-bond donors (Lipinski definition) is 0. The Morgan fingerprint density at radius 2 is 1.77 bits per heavy atom. The third-order valence-corrected chi connectivity index (χ3v) is 10.4. The summed E-state index contributed by atoms with van der Waals surface area (Å²) < 4.78 is 40.0. The lowest BCUT2D eigenvalue weighted by Crippen LogP contribution is -2.42. The predicted octanol–water partition coefficient (Wildman–Crippen LogP) is 5.00. The fourth-order valence-corrected chi connectivity index (χ4v) is 7.68. The van der Waals surface area contributed by atoms with E-state index in [2.05, 4.69) is 18.7 Å². The van der Waals surface area contributed by atoms with Gasteiger partial charge in [0.05, 0.1) is 15.1 Å². The van der Waals surface area contributed by atoms with Crippen molar-refractivity contribution in [3.8, 4) is 11.5 Å². The molecule has 0 N–H and O–H groups in total. The first-order chi connectivity index (χ1) is 18.3. The van der Waals surface area contributed by atoms with Gasteiger partial charge in [0.25, 0.3) is 5.91 Å².